The lowest BCUT2D eigenvalue weighted by Crippen LogP contribution is -2.32. The van der Waals surface area contributed by atoms with Gasteiger partial charge in [0.1, 0.15) is 0 Å². The molecule has 6 heteroatoms. The number of nitrogens with one attached hydrogen (secondary N) is 1. The van der Waals surface area contributed by atoms with E-state index in [-0.39, 0.29) is 17.4 Å². The second kappa shape index (κ2) is 6.76. The average molecular weight is 370 g/mol. The molecule has 0 radical (unpaired) electrons. The number of carbonyl (C=O) groups is 1. The summed E-state index contributed by atoms with van der Waals surface area (Å²) in [6.45, 7) is 1.70. The Labute approximate surface area is 153 Å². The SMILES string of the molecule is O=C(Nc1ccccc1N1CCc2ccccc2C1)C1CCS(=O)(=O)C1. The number of nitrogens with zero attached hydrogens (tertiary/aromatic N) is 1. The van der Waals surface area contributed by atoms with E-state index in [4.69, 9.17) is 0 Å². The Balaban J connectivity index is 1.53. The number of hydrogen-bond donors (Lipinski definition) is 1. The first-order valence-corrected chi connectivity index (χ1v) is 10.8. The van der Waals surface area contributed by atoms with Crippen molar-refractivity contribution in [3.8, 4) is 0 Å². The third-order valence-corrected chi connectivity index (χ3v) is 7.00. The van der Waals surface area contributed by atoms with E-state index in [1.54, 1.807) is 0 Å². The lowest BCUT2D eigenvalue weighted by Gasteiger charge is -2.32. The van der Waals surface area contributed by atoms with E-state index in [0.29, 0.717) is 6.42 Å². The van der Waals surface area contributed by atoms with E-state index < -0.39 is 15.8 Å². The molecule has 2 aliphatic rings. The van der Waals surface area contributed by atoms with Crippen molar-refractivity contribution in [1.29, 1.82) is 0 Å². The quantitative estimate of drug-likeness (QED) is 0.902. The largest absolute Gasteiger partial charge is 0.365 e. The van der Waals surface area contributed by atoms with E-state index in [2.05, 4.69) is 34.5 Å². The summed E-state index contributed by atoms with van der Waals surface area (Å²) in [6, 6.07) is 16.2. The number of amides is 1. The molecule has 26 heavy (non-hydrogen) atoms. The molecule has 1 saturated heterocycles. The number of hydrogen-bond acceptors (Lipinski definition) is 4. The van der Waals surface area contributed by atoms with Gasteiger partial charge in [-0.25, -0.2) is 8.42 Å². The summed E-state index contributed by atoms with van der Waals surface area (Å²) >= 11 is 0. The zero-order valence-electron chi connectivity index (χ0n) is 14.5. The molecular weight excluding hydrogens is 348 g/mol. The molecule has 0 aliphatic carbocycles. The summed E-state index contributed by atoms with van der Waals surface area (Å²) in [5.74, 6) is -0.584. The van der Waals surface area contributed by atoms with Gasteiger partial charge in [0.2, 0.25) is 5.91 Å². The maximum atomic E-state index is 12.5. The van der Waals surface area contributed by atoms with Crippen LogP contribution in [0.25, 0.3) is 0 Å². The molecule has 1 unspecified atom stereocenters. The maximum absolute atomic E-state index is 12.5. The summed E-state index contributed by atoms with van der Waals surface area (Å²) in [4.78, 5) is 14.8. The molecule has 2 heterocycles. The normalized spacial score (nSPS) is 21.2. The Kier molecular flexibility index (Phi) is 4.44. The molecule has 136 valence electrons. The maximum Gasteiger partial charge on any atom is 0.228 e. The fraction of sp³-hybridized carbons (Fsp3) is 0.350. The van der Waals surface area contributed by atoms with Gasteiger partial charge >= 0.3 is 0 Å². The number of fused-ring (bicyclic) bond motifs is 1. The molecule has 1 atom stereocenters. The van der Waals surface area contributed by atoms with Crippen molar-refractivity contribution in [2.24, 2.45) is 5.92 Å². The molecule has 2 aliphatic heterocycles. The molecule has 5 nitrogen and oxygen atoms in total. The lowest BCUT2D eigenvalue weighted by molar-refractivity contribution is -0.119. The predicted octanol–water partition coefficient (Wildman–Crippen LogP) is 2.62. The van der Waals surface area contributed by atoms with Gasteiger partial charge in [-0.15, -0.1) is 0 Å². The molecule has 2 aromatic rings. The van der Waals surface area contributed by atoms with Gasteiger partial charge < -0.3 is 10.2 Å². The van der Waals surface area contributed by atoms with Crippen molar-refractivity contribution in [3.63, 3.8) is 0 Å². The van der Waals surface area contributed by atoms with Crippen molar-refractivity contribution in [1.82, 2.24) is 0 Å². The van der Waals surface area contributed by atoms with Crippen LogP contribution in [0.15, 0.2) is 48.5 Å². The standard InChI is InChI=1S/C20H22N2O3S/c23-20(17-10-12-26(24,25)14-17)21-18-7-3-4-8-19(18)22-11-9-15-5-1-2-6-16(15)13-22/h1-8,17H,9-14H2,(H,21,23). The number of carbonyl (C=O) groups excluding carboxylic acids is 1. The Morgan fingerprint density at radius 2 is 1.77 bits per heavy atom. The number of rotatable bonds is 3. The molecule has 4 rings (SSSR count). The Bertz CT molecular complexity index is 940. The van der Waals surface area contributed by atoms with E-state index in [1.807, 2.05) is 24.3 Å². The van der Waals surface area contributed by atoms with Gasteiger partial charge in [-0.3, -0.25) is 4.79 Å². The first-order valence-electron chi connectivity index (χ1n) is 8.94. The van der Waals surface area contributed by atoms with Gasteiger partial charge in [-0.1, -0.05) is 36.4 Å². The second-order valence-corrected chi connectivity index (χ2v) is 9.28. The first-order chi connectivity index (χ1) is 12.5. The molecule has 2 aromatic carbocycles. The molecular formula is C20H22N2O3S. The molecule has 0 bridgehead atoms. The van der Waals surface area contributed by atoms with E-state index >= 15 is 0 Å². The third kappa shape index (κ3) is 3.46. The van der Waals surface area contributed by atoms with Crippen molar-refractivity contribution < 1.29 is 13.2 Å². The van der Waals surface area contributed by atoms with Crippen LogP contribution >= 0.6 is 0 Å². The minimum absolute atomic E-state index is 0.0436. The van der Waals surface area contributed by atoms with E-state index in [0.717, 1.165) is 30.9 Å². The van der Waals surface area contributed by atoms with Crippen LogP contribution in [0.2, 0.25) is 0 Å². The molecule has 0 aromatic heterocycles. The number of benzene rings is 2. The molecule has 0 spiro atoms. The Morgan fingerprint density at radius 1 is 1.04 bits per heavy atom. The lowest BCUT2D eigenvalue weighted by atomic mass is 9.99. The minimum atomic E-state index is -3.07. The highest BCUT2D eigenvalue weighted by molar-refractivity contribution is 7.91. The first kappa shape index (κ1) is 17.1. The van der Waals surface area contributed by atoms with Gasteiger partial charge in [0.15, 0.2) is 9.84 Å². The Morgan fingerprint density at radius 3 is 2.54 bits per heavy atom. The van der Waals surface area contributed by atoms with Crippen molar-refractivity contribution in [2.75, 3.05) is 28.3 Å². The highest BCUT2D eigenvalue weighted by Crippen LogP contribution is 2.31. The fourth-order valence-electron chi connectivity index (χ4n) is 3.79. The number of sulfone groups is 1. The minimum Gasteiger partial charge on any atom is -0.365 e. The van der Waals surface area contributed by atoms with Crippen LogP contribution in [-0.4, -0.2) is 32.4 Å². The van der Waals surface area contributed by atoms with Crippen LogP contribution in [0.5, 0.6) is 0 Å². The topological polar surface area (TPSA) is 66.5 Å². The van der Waals surface area contributed by atoms with Gasteiger partial charge in [0.25, 0.3) is 0 Å². The van der Waals surface area contributed by atoms with Crippen molar-refractivity contribution in [3.05, 3.63) is 59.7 Å². The number of para-hydroxylation sites is 2. The summed E-state index contributed by atoms with van der Waals surface area (Å²) in [7, 11) is -3.07. The predicted molar refractivity (Wildman–Crippen MR) is 103 cm³/mol. The monoisotopic (exact) mass is 370 g/mol. The van der Waals surface area contributed by atoms with Gasteiger partial charge in [-0.05, 0) is 36.1 Å². The van der Waals surface area contributed by atoms with Gasteiger partial charge in [-0.2, -0.15) is 0 Å². The van der Waals surface area contributed by atoms with Crippen molar-refractivity contribution >= 4 is 27.1 Å². The molecule has 1 N–H and O–H groups in total. The third-order valence-electron chi connectivity index (χ3n) is 5.24. The zero-order chi connectivity index (χ0) is 18.1. The summed E-state index contributed by atoms with van der Waals surface area (Å²) < 4.78 is 23.3. The highest BCUT2D eigenvalue weighted by atomic mass is 32.2. The Hall–Kier alpha value is -2.34. The highest BCUT2D eigenvalue weighted by Gasteiger charge is 2.33. The zero-order valence-corrected chi connectivity index (χ0v) is 15.3. The van der Waals surface area contributed by atoms with Gasteiger partial charge in [0, 0.05) is 13.1 Å². The summed E-state index contributed by atoms with van der Waals surface area (Å²) in [5, 5.41) is 2.97. The summed E-state index contributed by atoms with van der Waals surface area (Å²) in [6.07, 6.45) is 1.38. The fourth-order valence-corrected chi connectivity index (χ4v) is 5.53. The molecule has 0 saturated carbocycles. The van der Waals surface area contributed by atoms with Crippen LogP contribution < -0.4 is 10.2 Å². The van der Waals surface area contributed by atoms with Crippen LogP contribution in [-0.2, 0) is 27.6 Å². The van der Waals surface area contributed by atoms with Crippen LogP contribution in [0.3, 0.4) is 0 Å². The van der Waals surface area contributed by atoms with Crippen molar-refractivity contribution in [2.45, 2.75) is 19.4 Å². The molecule has 1 fully saturated rings. The second-order valence-electron chi connectivity index (χ2n) is 7.05. The van der Waals surface area contributed by atoms with Gasteiger partial charge in [0.05, 0.1) is 28.8 Å². The smallest absolute Gasteiger partial charge is 0.228 e. The summed E-state index contributed by atoms with van der Waals surface area (Å²) in [5.41, 5.74) is 4.42. The van der Waals surface area contributed by atoms with Crippen LogP contribution in [0.4, 0.5) is 11.4 Å². The number of anilines is 2. The molecule has 1 amide bonds. The van der Waals surface area contributed by atoms with E-state index in [1.165, 1.54) is 11.1 Å². The average Bonchev–Trinajstić information content (AvgIpc) is 3.02. The van der Waals surface area contributed by atoms with Crippen LogP contribution in [0, 0.1) is 5.92 Å². The van der Waals surface area contributed by atoms with Crippen LogP contribution in [0.1, 0.15) is 17.5 Å². The van der Waals surface area contributed by atoms with E-state index in [9.17, 15) is 13.2 Å².